The zero-order chi connectivity index (χ0) is 17.6. The summed E-state index contributed by atoms with van der Waals surface area (Å²) in [6, 6.07) is 13.0. The van der Waals surface area contributed by atoms with Gasteiger partial charge >= 0.3 is 0 Å². The number of hydrogen-bond donors (Lipinski definition) is 1. The van der Waals surface area contributed by atoms with Crippen LogP contribution in [0.5, 0.6) is 0 Å². The predicted octanol–water partition coefficient (Wildman–Crippen LogP) is 4.11. The van der Waals surface area contributed by atoms with Crippen molar-refractivity contribution in [3.05, 3.63) is 36.4 Å². The van der Waals surface area contributed by atoms with E-state index in [4.69, 9.17) is 14.7 Å². The molecule has 5 heteroatoms. The minimum Gasteiger partial charge on any atom is -0.378 e. The Labute approximate surface area is 155 Å². The maximum absolute atomic E-state index is 5.50. The molecule has 138 valence electrons. The molecule has 0 atom stereocenters. The van der Waals surface area contributed by atoms with Crippen molar-refractivity contribution < 1.29 is 4.74 Å². The van der Waals surface area contributed by atoms with Crippen LogP contribution in [0.2, 0.25) is 0 Å². The molecule has 1 saturated carbocycles. The third kappa shape index (κ3) is 4.33. The maximum atomic E-state index is 5.50. The third-order valence-corrected chi connectivity index (χ3v) is 5.31. The van der Waals surface area contributed by atoms with Crippen molar-refractivity contribution in [3.8, 4) is 11.3 Å². The number of morpholine rings is 1. The smallest absolute Gasteiger partial charge is 0.225 e. The standard InChI is InChI=1S/C21H28N4O/c1-2-7-11-18(10-6-1)22-21-23-19(17-8-4-3-5-9-17)16-20(24-21)25-12-14-26-15-13-25/h3-5,8-9,16,18H,1-2,6-7,10-15H2,(H,22,23,24). The molecule has 0 radical (unpaired) electrons. The molecule has 5 nitrogen and oxygen atoms in total. The molecule has 0 unspecified atom stereocenters. The molecular formula is C21H28N4O. The van der Waals surface area contributed by atoms with Gasteiger partial charge in [-0.15, -0.1) is 0 Å². The number of ether oxygens (including phenoxy) is 1. The van der Waals surface area contributed by atoms with E-state index in [0.717, 1.165) is 49.3 Å². The summed E-state index contributed by atoms with van der Waals surface area (Å²) in [6.45, 7) is 3.29. The highest BCUT2D eigenvalue weighted by Gasteiger charge is 2.18. The molecule has 0 amide bonds. The van der Waals surface area contributed by atoms with Crippen LogP contribution in [0.3, 0.4) is 0 Å². The Morgan fingerprint density at radius 2 is 1.65 bits per heavy atom. The van der Waals surface area contributed by atoms with Crippen molar-refractivity contribution in [2.75, 3.05) is 36.5 Å². The molecule has 0 spiro atoms. The molecular weight excluding hydrogens is 324 g/mol. The fourth-order valence-corrected chi connectivity index (χ4v) is 3.82. The van der Waals surface area contributed by atoms with Crippen molar-refractivity contribution >= 4 is 11.8 Å². The first-order valence-corrected chi connectivity index (χ1v) is 9.92. The minimum absolute atomic E-state index is 0.487. The number of hydrogen-bond acceptors (Lipinski definition) is 5. The van der Waals surface area contributed by atoms with Gasteiger partial charge in [-0.1, -0.05) is 56.0 Å². The maximum Gasteiger partial charge on any atom is 0.225 e. The van der Waals surface area contributed by atoms with E-state index in [9.17, 15) is 0 Å². The van der Waals surface area contributed by atoms with Gasteiger partial charge in [0.05, 0.1) is 18.9 Å². The van der Waals surface area contributed by atoms with Crippen LogP contribution >= 0.6 is 0 Å². The first kappa shape index (κ1) is 17.3. The average Bonchev–Trinajstić information content (AvgIpc) is 2.98. The molecule has 2 aliphatic rings. The van der Waals surface area contributed by atoms with Gasteiger partial charge < -0.3 is 15.0 Å². The summed E-state index contributed by atoms with van der Waals surface area (Å²) in [5, 5.41) is 3.63. The zero-order valence-electron chi connectivity index (χ0n) is 15.4. The van der Waals surface area contributed by atoms with E-state index in [1.807, 2.05) is 6.07 Å². The molecule has 1 aromatic heterocycles. The number of nitrogens with one attached hydrogen (secondary N) is 1. The lowest BCUT2D eigenvalue weighted by Crippen LogP contribution is -2.37. The topological polar surface area (TPSA) is 50.3 Å². The Hall–Kier alpha value is -2.14. The molecule has 26 heavy (non-hydrogen) atoms. The summed E-state index contributed by atoms with van der Waals surface area (Å²) in [4.78, 5) is 12.0. The molecule has 1 N–H and O–H groups in total. The lowest BCUT2D eigenvalue weighted by Gasteiger charge is -2.28. The van der Waals surface area contributed by atoms with Gasteiger partial charge in [0.15, 0.2) is 0 Å². The number of benzene rings is 1. The highest BCUT2D eigenvalue weighted by atomic mass is 16.5. The summed E-state index contributed by atoms with van der Waals surface area (Å²) < 4.78 is 5.50. The van der Waals surface area contributed by atoms with Crippen molar-refractivity contribution in [2.24, 2.45) is 0 Å². The monoisotopic (exact) mass is 352 g/mol. The summed E-state index contributed by atoms with van der Waals surface area (Å²) >= 11 is 0. The number of nitrogens with zero attached hydrogens (tertiary/aromatic N) is 3. The second kappa shape index (κ2) is 8.49. The summed E-state index contributed by atoms with van der Waals surface area (Å²) in [7, 11) is 0. The van der Waals surface area contributed by atoms with Crippen molar-refractivity contribution in [2.45, 2.75) is 44.6 Å². The Morgan fingerprint density at radius 3 is 2.38 bits per heavy atom. The van der Waals surface area contributed by atoms with Crippen LogP contribution in [0.15, 0.2) is 36.4 Å². The van der Waals surface area contributed by atoms with Crippen LogP contribution in [0.4, 0.5) is 11.8 Å². The van der Waals surface area contributed by atoms with E-state index >= 15 is 0 Å². The first-order chi connectivity index (χ1) is 12.9. The van der Waals surface area contributed by atoms with E-state index in [0.29, 0.717) is 6.04 Å². The van der Waals surface area contributed by atoms with E-state index in [1.54, 1.807) is 0 Å². The largest absolute Gasteiger partial charge is 0.378 e. The molecule has 1 aliphatic heterocycles. The Morgan fingerprint density at radius 1 is 0.923 bits per heavy atom. The Balaban J connectivity index is 1.63. The van der Waals surface area contributed by atoms with Gasteiger partial charge in [-0.05, 0) is 12.8 Å². The molecule has 2 heterocycles. The minimum atomic E-state index is 0.487. The van der Waals surface area contributed by atoms with Crippen LogP contribution < -0.4 is 10.2 Å². The molecule has 4 rings (SSSR count). The summed E-state index contributed by atoms with van der Waals surface area (Å²) in [5.41, 5.74) is 2.12. The Kier molecular flexibility index (Phi) is 5.65. The van der Waals surface area contributed by atoms with Gasteiger partial charge in [-0.2, -0.15) is 4.98 Å². The van der Waals surface area contributed by atoms with Crippen LogP contribution in [-0.2, 0) is 4.74 Å². The van der Waals surface area contributed by atoms with Crippen LogP contribution in [0, 0.1) is 0 Å². The lowest BCUT2D eigenvalue weighted by atomic mass is 10.1. The molecule has 2 aromatic rings. The quantitative estimate of drug-likeness (QED) is 0.839. The fourth-order valence-electron chi connectivity index (χ4n) is 3.82. The fraction of sp³-hybridized carbons (Fsp3) is 0.524. The van der Waals surface area contributed by atoms with E-state index in [1.165, 1.54) is 38.5 Å². The average molecular weight is 352 g/mol. The van der Waals surface area contributed by atoms with Gasteiger partial charge in [0, 0.05) is 30.8 Å². The highest BCUT2D eigenvalue weighted by molar-refractivity contribution is 5.65. The van der Waals surface area contributed by atoms with Crippen molar-refractivity contribution in [1.82, 2.24) is 9.97 Å². The second-order valence-electron chi connectivity index (χ2n) is 7.23. The third-order valence-electron chi connectivity index (χ3n) is 5.31. The van der Waals surface area contributed by atoms with Crippen LogP contribution in [0.25, 0.3) is 11.3 Å². The molecule has 1 saturated heterocycles. The first-order valence-electron chi connectivity index (χ1n) is 9.92. The molecule has 2 fully saturated rings. The van der Waals surface area contributed by atoms with Crippen LogP contribution in [-0.4, -0.2) is 42.3 Å². The van der Waals surface area contributed by atoms with Gasteiger partial charge in [0.1, 0.15) is 5.82 Å². The van der Waals surface area contributed by atoms with Gasteiger partial charge in [0.2, 0.25) is 5.95 Å². The number of aromatic nitrogens is 2. The van der Waals surface area contributed by atoms with Gasteiger partial charge in [-0.3, -0.25) is 0 Å². The van der Waals surface area contributed by atoms with E-state index in [-0.39, 0.29) is 0 Å². The molecule has 1 aromatic carbocycles. The van der Waals surface area contributed by atoms with Crippen molar-refractivity contribution in [3.63, 3.8) is 0 Å². The van der Waals surface area contributed by atoms with Gasteiger partial charge in [0.25, 0.3) is 0 Å². The van der Waals surface area contributed by atoms with E-state index < -0.39 is 0 Å². The molecule has 1 aliphatic carbocycles. The zero-order valence-corrected chi connectivity index (χ0v) is 15.4. The summed E-state index contributed by atoms with van der Waals surface area (Å²) in [5.74, 6) is 1.76. The second-order valence-corrected chi connectivity index (χ2v) is 7.23. The van der Waals surface area contributed by atoms with Gasteiger partial charge in [-0.25, -0.2) is 4.98 Å². The van der Waals surface area contributed by atoms with Crippen LogP contribution in [0.1, 0.15) is 38.5 Å². The SMILES string of the molecule is c1ccc(-c2cc(N3CCOCC3)nc(NC3CCCCCC3)n2)cc1. The molecule has 0 bridgehead atoms. The van der Waals surface area contributed by atoms with Crippen molar-refractivity contribution in [1.29, 1.82) is 0 Å². The summed E-state index contributed by atoms with van der Waals surface area (Å²) in [6.07, 6.45) is 7.72. The number of rotatable bonds is 4. The predicted molar refractivity (Wildman–Crippen MR) is 106 cm³/mol. The highest BCUT2D eigenvalue weighted by Crippen LogP contribution is 2.26. The Bertz CT molecular complexity index is 692. The van der Waals surface area contributed by atoms with E-state index in [2.05, 4.69) is 40.5 Å². The normalized spacial score (nSPS) is 19.2. The number of anilines is 2. The lowest BCUT2D eigenvalue weighted by molar-refractivity contribution is 0.122.